The van der Waals surface area contributed by atoms with Crippen LogP contribution in [-0.2, 0) is 9.59 Å². The van der Waals surface area contributed by atoms with Gasteiger partial charge in [-0.3, -0.25) is 9.59 Å². The van der Waals surface area contributed by atoms with Gasteiger partial charge >= 0.3 is 0 Å². The number of carbonyl (C=O) groups is 2. The molecular formula is C21H31N3O3. The fraction of sp³-hybridized carbons (Fsp3) is 0.619. The maximum absolute atomic E-state index is 12.7. The van der Waals surface area contributed by atoms with Crippen molar-refractivity contribution in [2.45, 2.75) is 58.1 Å². The van der Waals surface area contributed by atoms with Gasteiger partial charge in [0, 0.05) is 12.6 Å². The minimum atomic E-state index is -0.604. The molecular weight excluding hydrogens is 342 g/mol. The molecule has 0 spiro atoms. The summed E-state index contributed by atoms with van der Waals surface area (Å²) in [6, 6.07) is 7.85. The van der Waals surface area contributed by atoms with Crippen molar-refractivity contribution >= 4 is 17.5 Å². The van der Waals surface area contributed by atoms with Gasteiger partial charge in [0.15, 0.2) is 6.10 Å². The molecule has 27 heavy (non-hydrogen) atoms. The number of hydrogen-bond acceptors (Lipinski definition) is 4. The van der Waals surface area contributed by atoms with Gasteiger partial charge in [-0.1, -0.05) is 38.8 Å². The van der Waals surface area contributed by atoms with E-state index < -0.39 is 6.10 Å². The average Bonchev–Trinajstić information content (AvgIpc) is 2.67. The van der Waals surface area contributed by atoms with Crippen molar-refractivity contribution in [1.82, 2.24) is 10.6 Å². The van der Waals surface area contributed by atoms with Crippen LogP contribution in [0.5, 0.6) is 5.75 Å². The van der Waals surface area contributed by atoms with Gasteiger partial charge in [-0.05, 0) is 37.3 Å². The van der Waals surface area contributed by atoms with E-state index in [2.05, 4.69) is 17.6 Å². The van der Waals surface area contributed by atoms with Gasteiger partial charge in [-0.25, -0.2) is 0 Å². The van der Waals surface area contributed by atoms with Crippen LogP contribution < -0.4 is 20.3 Å². The smallest absolute Gasteiger partial charge is 0.262 e. The number of nitrogens with one attached hydrogen (secondary N) is 2. The van der Waals surface area contributed by atoms with E-state index in [-0.39, 0.29) is 24.4 Å². The van der Waals surface area contributed by atoms with Gasteiger partial charge in [0.2, 0.25) is 5.91 Å². The number of rotatable bonds is 6. The number of hydrogen-bond donors (Lipinski definition) is 2. The van der Waals surface area contributed by atoms with Crippen molar-refractivity contribution in [3.8, 4) is 5.75 Å². The van der Waals surface area contributed by atoms with E-state index in [1.807, 2.05) is 36.1 Å². The normalized spacial score (nSPS) is 24.5. The van der Waals surface area contributed by atoms with Gasteiger partial charge in [0.1, 0.15) is 5.75 Å². The Morgan fingerprint density at radius 2 is 2.00 bits per heavy atom. The number of nitrogens with zero attached hydrogens (tertiary/aromatic N) is 1. The molecule has 0 aromatic heterocycles. The van der Waals surface area contributed by atoms with E-state index >= 15 is 0 Å². The van der Waals surface area contributed by atoms with Crippen molar-refractivity contribution in [3.63, 3.8) is 0 Å². The summed E-state index contributed by atoms with van der Waals surface area (Å²) >= 11 is 0. The van der Waals surface area contributed by atoms with Crippen LogP contribution in [0, 0.1) is 5.92 Å². The number of amides is 2. The highest BCUT2D eigenvalue weighted by Crippen LogP contribution is 2.33. The summed E-state index contributed by atoms with van der Waals surface area (Å²) in [5.74, 6) is 1.06. The van der Waals surface area contributed by atoms with E-state index in [4.69, 9.17) is 4.74 Å². The Labute approximate surface area is 161 Å². The van der Waals surface area contributed by atoms with E-state index in [0.717, 1.165) is 18.5 Å². The Hall–Kier alpha value is -2.24. The Balaban J connectivity index is 1.67. The maximum Gasteiger partial charge on any atom is 0.262 e. The molecule has 1 aliphatic heterocycles. The van der Waals surface area contributed by atoms with Crippen molar-refractivity contribution in [3.05, 3.63) is 24.3 Å². The first-order chi connectivity index (χ1) is 13.1. The first kappa shape index (κ1) is 19.5. The third kappa shape index (κ3) is 4.93. The summed E-state index contributed by atoms with van der Waals surface area (Å²) in [7, 11) is 0. The van der Waals surface area contributed by atoms with Crippen molar-refractivity contribution < 1.29 is 14.3 Å². The predicted molar refractivity (Wildman–Crippen MR) is 106 cm³/mol. The molecule has 1 heterocycles. The SMILES string of the molecule is CCCNC(=O)[C@@H]1CN(CC(=O)N[C@@H]2CCCC[C@@H]2C)c2ccccc2O1. The molecule has 1 fully saturated rings. The second kappa shape index (κ2) is 9.11. The van der Waals surface area contributed by atoms with Gasteiger partial charge in [0.05, 0.1) is 18.8 Å². The second-order valence-electron chi connectivity index (χ2n) is 7.68. The number of benzene rings is 1. The Morgan fingerprint density at radius 1 is 1.22 bits per heavy atom. The fourth-order valence-electron chi connectivity index (χ4n) is 3.91. The highest BCUT2D eigenvalue weighted by Gasteiger charge is 2.32. The fourth-order valence-corrected chi connectivity index (χ4v) is 3.91. The van der Waals surface area contributed by atoms with Crippen LogP contribution in [0.4, 0.5) is 5.69 Å². The zero-order chi connectivity index (χ0) is 19.2. The molecule has 1 aromatic carbocycles. The predicted octanol–water partition coefficient (Wildman–Crippen LogP) is 2.48. The molecule has 2 amide bonds. The lowest BCUT2D eigenvalue weighted by Gasteiger charge is -2.36. The third-order valence-electron chi connectivity index (χ3n) is 5.50. The van der Waals surface area contributed by atoms with Crippen LogP contribution >= 0.6 is 0 Å². The molecule has 2 N–H and O–H groups in total. The van der Waals surface area contributed by atoms with Crippen LogP contribution in [0.15, 0.2) is 24.3 Å². The van der Waals surface area contributed by atoms with Gasteiger partial charge in [-0.2, -0.15) is 0 Å². The topological polar surface area (TPSA) is 70.7 Å². The van der Waals surface area contributed by atoms with Crippen LogP contribution in [0.3, 0.4) is 0 Å². The Morgan fingerprint density at radius 3 is 2.78 bits per heavy atom. The van der Waals surface area contributed by atoms with Crippen LogP contribution in [0.25, 0.3) is 0 Å². The van der Waals surface area contributed by atoms with Gasteiger partial charge in [0.25, 0.3) is 5.91 Å². The number of para-hydroxylation sites is 2. The quantitative estimate of drug-likeness (QED) is 0.804. The van der Waals surface area contributed by atoms with Crippen molar-refractivity contribution in [2.75, 3.05) is 24.5 Å². The maximum atomic E-state index is 12.7. The first-order valence-electron chi connectivity index (χ1n) is 10.2. The molecule has 0 bridgehead atoms. The van der Waals surface area contributed by atoms with Gasteiger partial charge in [-0.15, -0.1) is 0 Å². The van der Waals surface area contributed by atoms with E-state index in [9.17, 15) is 9.59 Å². The zero-order valence-electron chi connectivity index (χ0n) is 16.4. The highest BCUT2D eigenvalue weighted by molar-refractivity contribution is 5.86. The first-order valence-corrected chi connectivity index (χ1v) is 10.2. The lowest BCUT2D eigenvalue weighted by molar-refractivity contribution is -0.128. The van der Waals surface area contributed by atoms with Crippen molar-refractivity contribution in [2.24, 2.45) is 5.92 Å². The summed E-state index contributed by atoms with van der Waals surface area (Å²) in [5, 5.41) is 6.09. The monoisotopic (exact) mass is 373 g/mol. The molecule has 6 nitrogen and oxygen atoms in total. The largest absolute Gasteiger partial charge is 0.477 e. The number of ether oxygens (including phenoxy) is 1. The molecule has 0 saturated heterocycles. The van der Waals surface area contributed by atoms with Crippen LogP contribution in [-0.4, -0.2) is 43.6 Å². The lowest BCUT2D eigenvalue weighted by atomic mass is 9.86. The minimum absolute atomic E-state index is 0.0122. The summed E-state index contributed by atoms with van der Waals surface area (Å²) in [6.07, 6.45) is 4.92. The standard InChI is InChI=1S/C21H31N3O3/c1-3-12-22-21(26)19-13-24(17-10-6-7-11-18(17)27-19)14-20(25)23-16-9-5-4-8-15(16)2/h6-7,10-11,15-16,19H,3-5,8-9,12-14H2,1-2H3,(H,22,26)(H,23,25)/t15-,16+,19-/m0/s1. The Kier molecular flexibility index (Phi) is 6.58. The van der Waals surface area contributed by atoms with Gasteiger partial charge < -0.3 is 20.3 Å². The van der Waals surface area contributed by atoms with Crippen molar-refractivity contribution in [1.29, 1.82) is 0 Å². The van der Waals surface area contributed by atoms with Crippen LogP contribution in [0.2, 0.25) is 0 Å². The van der Waals surface area contributed by atoms with Crippen LogP contribution in [0.1, 0.15) is 46.0 Å². The molecule has 1 aliphatic carbocycles. The number of anilines is 1. The summed E-state index contributed by atoms with van der Waals surface area (Å²) in [5.41, 5.74) is 0.865. The molecule has 1 saturated carbocycles. The van der Waals surface area contributed by atoms with E-state index in [1.165, 1.54) is 19.3 Å². The number of fused-ring (bicyclic) bond motifs is 1. The molecule has 1 aromatic rings. The molecule has 0 unspecified atom stereocenters. The molecule has 2 aliphatic rings. The summed E-state index contributed by atoms with van der Waals surface area (Å²) in [6.45, 7) is 5.46. The third-order valence-corrected chi connectivity index (χ3v) is 5.50. The van der Waals surface area contributed by atoms with E-state index in [0.29, 0.717) is 24.8 Å². The molecule has 3 atom stereocenters. The molecule has 6 heteroatoms. The molecule has 0 radical (unpaired) electrons. The summed E-state index contributed by atoms with van der Waals surface area (Å²) in [4.78, 5) is 27.0. The molecule has 3 rings (SSSR count). The van der Waals surface area contributed by atoms with E-state index in [1.54, 1.807) is 0 Å². The highest BCUT2D eigenvalue weighted by atomic mass is 16.5. The lowest BCUT2D eigenvalue weighted by Crippen LogP contribution is -2.52. The number of carbonyl (C=O) groups excluding carboxylic acids is 2. The average molecular weight is 373 g/mol. The second-order valence-corrected chi connectivity index (χ2v) is 7.68. The molecule has 148 valence electrons. The summed E-state index contributed by atoms with van der Waals surface area (Å²) < 4.78 is 5.88. The minimum Gasteiger partial charge on any atom is -0.477 e. The zero-order valence-corrected chi connectivity index (χ0v) is 16.4. The Bertz CT molecular complexity index is 664.